The molecule has 5 rings (SSSR count). The minimum Gasteiger partial charge on any atom is -0.355 e. The van der Waals surface area contributed by atoms with Crippen LogP contribution in [0.4, 0.5) is 0 Å². The zero-order chi connectivity index (χ0) is 11.7. The molecule has 0 spiro atoms. The van der Waals surface area contributed by atoms with Crippen LogP contribution in [0.25, 0.3) is 0 Å². The number of hydrogen-bond donors (Lipinski definition) is 1. The third kappa shape index (κ3) is 1.34. The average molecular weight is 229 g/mol. The van der Waals surface area contributed by atoms with Crippen molar-refractivity contribution >= 4 is 0 Å². The molecule has 2 heteroatoms. The number of ether oxygens (including phenoxy) is 1. The van der Waals surface area contributed by atoms with Crippen molar-refractivity contribution in [2.45, 2.75) is 55.8 Å². The first kappa shape index (κ1) is 10.1. The van der Waals surface area contributed by atoms with E-state index in [1.807, 2.05) is 0 Å². The molecule has 2 heterocycles. The molecule has 1 aromatic rings. The van der Waals surface area contributed by atoms with E-state index in [4.69, 9.17) is 10.5 Å². The molecule has 2 atom stereocenters. The summed E-state index contributed by atoms with van der Waals surface area (Å²) in [5, 5.41) is 0. The molecule has 0 saturated carbocycles. The number of benzene rings is 1. The highest BCUT2D eigenvalue weighted by Gasteiger charge is 2.54. The largest absolute Gasteiger partial charge is 0.355 e. The van der Waals surface area contributed by atoms with Crippen LogP contribution in [0.5, 0.6) is 0 Å². The van der Waals surface area contributed by atoms with Crippen LogP contribution >= 0.6 is 0 Å². The van der Waals surface area contributed by atoms with E-state index in [1.54, 1.807) is 0 Å². The Morgan fingerprint density at radius 1 is 1.06 bits per heavy atom. The van der Waals surface area contributed by atoms with Crippen molar-refractivity contribution < 1.29 is 4.74 Å². The summed E-state index contributed by atoms with van der Waals surface area (Å²) < 4.78 is 6.19. The first-order valence-corrected chi connectivity index (χ1v) is 6.65. The first-order chi connectivity index (χ1) is 8.07. The summed E-state index contributed by atoms with van der Waals surface area (Å²) in [4.78, 5) is 0. The summed E-state index contributed by atoms with van der Waals surface area (Å²) in [5.41, 5.74) is 9.16. The molecule has 2 saturated heterocycles. The highest BCUT2D eigenvalue weighted by molar-refractivity contribution is 5.38. The maximum Gasteiger partial charge on any atom is 0.118 e. The van der Waals surface area contributed by atoms with Gasteiger partial charge in [0.1, 0.15) is 5.72 Å². The lowest BCUT2D eigenvalue weighted by molar-refractivity contribution is -0.217. The van der Waals surface area contributed by atoms with Gasteiger partial charge in [-0.2, -0.15) is 0 Å². The Balaban J connectivity index is 1.93. The van der Waals surface area contributed by atoms with E-state index in [9.17, 15) is 0 Å². The average Bonchev–Trinajstić information content (AvgIpc) is 2.38. The lowest BCUT2D eigenvalue weighted by Crippen LogP contribution is -2.58. The van der Waals surface area contributed by atoms with Crippen LogP contribution in [0.1, 0.15) is 55.6 Å². The van der Waals surface area contributed by atoms with Gasteiger partial charge in [0.05, 0.1) is 5.60 Å². The van der Waals surface area contributed by atoms with E-state index in [0.29, 0.717) is 11.8 Å². The van der Waals surface area contributed by atoms with Crippen LogP contribution in [0.15, 0.2) is 24.3 Å². The number of rotatable bonds is 0. The van der Waals surface area contributed by atoms with E-state index >= 15 is 0 Å². The van der Waals surface area contributed by atoms with Crippen molar-refractivity contribution in [3.8, 4) is 0 Å². The SMILES string of the molecule is CC12CC3CC(N)(CC(C1)c1ccccc13)O2. The van der Waals surface area contributed by atoms with Gasteiger partial charge in [-0.3, -0.25) is 0 Å². The third-order valence-electron chi connectivity index (χ3n) is 4.87. The van der Waals surface area contributed by atoms with Gasteiger partial charge in [-0.25, -0.2) is 0 Å². The van der Waals surface area contributed by atoms with Crippen molar-refractivity contribution in [3.63, 3.8) is 0 Å². The molecule has 2 aliphatic carbocycles. The Labute approximate surface area is 102 Å². The van der Waals surface area contributed by atoms with Crippen LogP contribution < -0.4 is 5.73 Å². The minimum atomic E-state index is -0.375. The van der Waals surface area contributed by atoms with E-state index in [2.05, 4.69) is 31.2 Å². The third-order valence-corrected chi connectivity index (χ3v) is 4.87. The maximum absolute atomic E-state index is 6.46. The zero-order valence-corrected chi connectivity index (χ0v) is 10.3. The van der Waals surface area contributed by atoms with Crippen LogP contribution in [-0.2, 0) is 4.74 Å². The molecule has 2 aliphatic heterocycles. The molecule has 2 fully saturated rings. The molecule has 2 nitrogen and oxygen atoms in total. The van der Waals surface area contributed by atoms with Crippen LogP contribution in [0, 0.1) is 0 Å². The van der Waals surface area contributed by atoms with E-state index in [-0.39, 0.29) is 11.3 Å². The second-order valence-corrected chi connectivity index (χ2v) is 6.46. The first-order valence-electron chi connectivity index (χ1n) is 6.65. The molecule has 0 radical (unpaired) electrons. The second-order valence-electron chi connectivity index (χ2n) is 6.46. The van der Waals surface area contributed by atoms with Gasteiger partial charge in [-0.1, -0.05) is 24.3 Å². The molecule has 4 bridgehead atoms. The van der Waals surface area contributed by atoms with E-state index in [0.717, 1.165) is 25.7 Å². The van der Waals surface area contributed by atoms with Crippen molar-refractivity contribution in [2.24, 2.45) is 5.73 Å². The summed E-state index contributed by atoms with van der Waals surface area (Å²) in [6.45, 7) is 2.25. The van der Waals surface area contributed by atoms with Gasteiger partial charge in [-0.15, -0.1) is 0 Å². The maximum atomic E-state index is 6.46. The van der Waals surface area contributed by atoms with Crippen LogP contribution in [0.2, 0.25) is 0 Å². The molecule has 90 valence electrons. The smallest absolute Gasteiger partial charge is 0.118 e. The van der Waals surface area contributed by atoms with Gasteiger partial charge in [0.15, 0.2) is 0 Å². The van der Waals surface area contributed by atoms with Crippen molar-refractivity contribution in [1.82, 2.24) is 0 Å². The van der Waals surface area contributed by atoms with Crippen molar-refractivity contribution in [3.05, 3.63) is 35.4 Å². The molecular formula is C15H19NO. The predicted molar refractivity (Wildman–Crippen MR) is 66.8 cm³/mol. The summed E-state index contributed by atoms with van der Waals surface area (Å²) in [6.07, 6.45) is 4.27. The molecular weight excluding hydrogens is 210 g/mol. The quantitative estimate of drug-likeness (QED) is 0.742. The normalized spacial score (nSPS) is 46.7. The highest BCUT2D eigenvalue weighted by Crippen LogP contribution is 2.57. The van der Waals surface area contributed by atoms with Crippen LogP contribution in [-0.4, -0.2) is 11.3 Å². The van der Waals surface area contributed by atoms with Gasteiger partial charge >= 0.3 is 0 Å². The summed E-state index contributed by atoms with van der Waals surface area (Å²) >= 11 is 0. The van der Waals surface area contributed by atoms with Gasteiger partial charge in [0.2, 0.25) is 0 Å². The number of nitrogens with two attached hydrogens (primary N) is 1. The van der Waals surface area contributed by atoms with Gasteiger partial charge in [0, 0.05) is 0 Å². The summed E-state index contributed by atoms with van der Waals surface area (Å²) in [7, 11) is 0. The Kier molecular flexibility index (Phi) is 1.74. The molecule has 1 aromatic carbocycles. The second kappa shape index (κ2) is 2.93. The summed E-state index contributed by atoms with van der Waals surface area (Å²) in [6, 6.07) is 8.93. The predicted octanol–water partition coefficient (Wildman–Crippen LogP) is 2.89. The van der Waals surface area contributed by atoms with Crippen molar-refractivity contribution in [1.29, 1.82) is 0 Å². The lowest BCUT2D eigenvalue weighted by atomic mass is 9.73. The fraction of sp³-hybridized carbons (Fsp3) is 0.600. The molecule has 17 heavy (non-hydrogen) atoms. The highest BCUT2D eigenvalue weighted by atomic mass is 16.5. The molecule has 2 unspecified atom stereocenters. The molecule has 0 amide bonds. The topological polar surface area (TPSA) is 35.2 Å². The Hall–Kier alpha value is -0.860. The van der Waals surface area contributed by atoms with Gasteiger partial charge in [0.25, 0.3) is 0 Å². The van der Waals surface area contributed by atoms with Gasteiger partial charge in [-0.05, 0) is 55.6 Å². The standard InChI is InChI=1S/C15H19NO/c1-14-6-10-8-15(16,17-14)9-11(7-14)13-5-3-2-4-12(10)13/h2-5,10-11H,6-9,16H2,1H3. The lowest BCUT2D eigenvalue weighted by Gasteiger charge is -2.52. The monoisotopic (exact) mass is 229 g/mol. The minimum absolute atomic E-state index is 0.000394. The summed E-state index contributed by atoms with van der Waals surface area (Å²) in [5.74, 6) is 1.20. The van der Waals surface area contributed by atoms with Crippen LogP contribution in [0.3, 0.4) is 0 Å². The molecule has 2 N–H and O–H groups in total. The fourth-order valence-corrected chi connectivity index (χ4v) is 4.54. The molecule has 0 aromatic heterocycles. The van der Waals surface area contributed by atoms with E-state index < -0.39 is 0 Å². The zero-order valence-electron chi connectivity index (χ0n) is 10.3. The van der Waals surface area contributed by atoms with Crippen molar-refractivity contribution in [2.75, 3.05) is 0 Å². The Morgan fingerprint density at radius 3 is 2.06 bits per heavy atom. The Morgan fingerprint density at radius 2 is 1.59 bits per heavy atom. The molecule has 4 aliphatic rings. The van der Waals surface area contributed by atoms with Gasteiger partial charge < -0.3 is 10.5 Å². The van der Waals surface area contributed by atoms with E-state index in [1.165, 1.54) is 11.1 Å². The fourth-order valence-electron chi connectivity index (χ4n) is 4.54. The Bertz CT molecular complexity index is 427. The number of hydrogen-bond acceptors (Lipinski definition) is 2.